The third kappa shape index (κ3) is 7.60. The monoisotopic (exact) mass is 760 g/mol. The Morgan fingerprint density at radius 2 is 1.76 bits per heavy atom. The zero-order chi connectivity index (χ0) is 32.0. The Kier molecular flexibility index (Phi) is 11.4. The fourth-order valence-electron chi connectivity index (χ4n) is 5.71. The van der Waals surface area contributed by atoms with Crippen molar-refractivity contribution in [2.75, 3.05) is 12.3 Å². The SMILES string of the molecule is O=S(=O)([O-])CCC[n+]1c(C=CC(=CC=C2Sc3cc(Cl)ccc3[N+]23CCC3S(=O)(=O)[O-])c2ccncc2)sc2cc(Cl)ccc21.[K+]. The number of aryl methyl sites for hydroxylation is 1. The van der Waals surface area contributed by atoms with Crippen molar-refractivity contribution in [1.82, 2.24) is 9.47 Å². The van der Waals surface area contributed by atoms with Crippen molar-refractivity contribution >= 4 is 94.1 Å². The number of pyridine rings is 1. The molecule has 1 spiro atoms. The minimum absolute atomic E-state index is 0. The zero-order valence-electron chi connectivity index (χ0n) is 24.4. The smallest absolute Gasteiger partial charge is 0.748 e. The van der Waals surface area contributed by atoms with Crippen LogP contribution >= 0.6 is 46.3 Å². The van der Waals surface area contributed by atoms with E-state index in [0.717, 1.165) is 36.9 Å². The minimum Gasteiger partial charge on any atom is -0.748 e. The van der Waals surface area contributed by atoms with Crippen LogP contribution < -0.4 is 60.4 Å². The van der Waals surface area contributed by atoms with Gasteiger partial charge in [0.1, 0.15) is 4.70 Å². The molecule has 0 radical (unpaired) electrons. The summed E-state index contributed by atoms with van der Waals surface area (Å²) in [4.78, 5) is 4.94. The number of hydrogen-bond donors (Lipinski definition) is 0. The van der Waals surface area contributed by atoms with Gasteiger partial charge in [-0.2, -0.15) is 4.57 Å². The summed E-state index contributed by atoms with van der Waals surface area (Å²) in [6.07, 6.45) is 11.3. The van der Waals surface area contributed by atoms with E-state index in [9.17, 15) is 25.9 Å². The van der Waals surface area contributed by atoms with Crippen molar-refractivity contribution in [3.63, 3.8) is 0 Å². The molecule has 0 amide bonds. The number of halogens is 2. The maximum atomic E-state index is 12.3. The molecule has 6 rings (SSSR count). The van der Waals surface area contributed by atoms with Crippen molar-refractivity contribution in [3.05, 3.63) is 105 Å². The predicted molar refractivity (Wildman–Crippen MR) is 178 cm³/mol. The fraction of sp³-hybridized carbons (Fsp3) is 0.200. The van der Waals surface area contributed by atoms with Gasteiger partial charge in [0.25, 0.3) is 5.01 Å². The number of rotatable bonds is 9. The number of benzene rings is 2. The molecule has 16 heteroatoms. The molecule has 0 saturated carbocycles. The van der Waals surface area contributed by atoms with Gasteiger partial charge in [-0.05, 0) is 71.4 Å². The second-order valence-electron chi connectivity index (χ2n) is 10.6. The van der Waals surface area contributed by atoms with Gasteiger partial charge >= 0.3 is 51.4 Å². The van der Waals surface area contributed by atoms with E-state index in [0.29, 0.717) is 28.2 Å². The van der Waals surface area contributed by atoms with Crippen LogP contribution in [0.25, 0.3) is 21.9 Å². The molecule has 2 aliphatic heterocycles. The molecule has 0 bridgehead atoms. The van der Waals surface area contributed by atoms with Crippen LogP contribution in [0.4, 0.5) is 5.69 Å². The largest absolute Gasteiger partial charge is 1.00 e. The van der Waals surface area contributed by atoms with E-state index in [1.165, 1.54) is 23.1 Å². The molecule has 1 saturated heterocycles. The normalized spacial score (nSPS) is 20.7. The van der Waals surface area contributed by atoms with Crippen LogP contribution in [-0.4, -0.2) is 48.6 Å². The maximum Gasteiger partial charge on any atom is 1.00 e. The van der Waals surface area contributed by atoms with Crippen LogP contribution in [0.15, 0.2) is 89.1 Å². The molecule has 46 heavy (non-hydrogen) atoms. The molecule has 2 aliphatic rings. The van der Waals surface area contributed by atoms with Crippen LogP contribution in [0.2, 0.25) is 10.0 Å². The first kappa shape index (κ1) is 36.3. The topological polar surface area (TPSA) is 131 Å². The van der Waals surface area contributed by atoms with E-state index >= 15 is 0 Å². The Hall–Kier alpha value is -0.954. The molecular formula is C30H25Cl2KN3O6S4+. The van der Waals surface area contributed by atoms with Crippen LogP contribution in [-0.2, 0) is 26.8 Å². The molecule has 2 unspecified atom stereocenters. The summed E-state index contributed by atoms with van der Waals surface area (Å²) in [5.41, 5.74) is 3.23. The van der Waals surface area contributed by atoms with Crippen molar-refractivity contribution < 1.29 is 81.9 Å². The van der Waals surface area contributed by atoms with E-state index < -0.39 is 31.4 Å². The maximum absolute atomic E-state index is 12.3. The van der Waals surface area contributed by atoms with Gasteiger partial charge in [-0.3, -0.25) is 4.98 Å². The van der Waals surface area contributed by atoms with Gasteiger partial charge in [-0.25, -0.2) is 21.3 Å². The molecule has 9 nitrogen and oxygen atoms in total. The number of thioether (sulfide) groups is 1. The first-order valence-electron chi connectivity index (χ1n) is 13.7. The van der Waals surface area contributed by atoms with Gasteiger partial charge in [0.15, 0.2) is 32.8 Å². The van der Waals surface area contributed by atoms with Crippen molar-refractivity contribution in [1.29, 1.82) is 0 Å². The first-order chi connectivity index (χ1) is 21.3. The molecule has 1 fully saturated rings. The minimum atomic E-state index is -4.59. The Balaban J connectivity index is 0.00000417. The molecule has 4 aromatic rings. The van der Waals surface area contributed by atoms with Crippen molar-refractivity contribution in [2.24, 2.45) is 0 Å². The quantitative estimate of drug-likeness (QED) is 0.0837. The average Bonchev–Trinajstić information content (AvgIpc) is 3.46. The zero-order valence-corrected chi connectivity index (χ0v) is 32.3. The van der Waals surface area contributed by atoms with Gasteiger partial charge in [-0.15, -0.1) is 0 Å². The molecule has 4 heterocycles. The Labute approximate surface area is 328 Å². The van der Waals surface area contributed by atoms with Gasteiger partial charge in [-0.1, -0.05) is 34.5 Å². The summed E-state index contributed by atoms with van der Waals surface area (Å²) < 4.78 is 73.6. The molecule has 2 aromatic carbocycles. The van der Waals surface area contributed by atoms with Gasteiger partial charge < -0.3 is 9.11 Å². The fourth-order valence-corrected chi connectivity index (χ4v) is 10.4. The summed E-state index contributed by atoms with van der Waals surface area (Å²) in [6, 6.07) is 14.4. The average molecular weight is 762 g/mol. The summed E-state index contributed by atoms with van der Waals surface area (Å²) >= 11 is 15.4. The molecule has 0 aliphatic carbocycles. The van der Waals surface area contributed by atoms with Crippen molar-refractivity contribution in [2.45, 2.75) is 29.7 Å². The second kappa shape index (κ2) is 14.5. The van der Waals surface area contributed by atoms with Gasteiger partial charge in [0, 0.05) is 58.9 Å². The summed E-state index contributed by atoms with van der Waals surface area (Å²) in [5.74, 6) is -0.477. The number of fused-ring (bicyclic) bond motifs is 3. The molecule has 0 N–H and O–H groups in total. The summed E-state index contributed by atoms with van der Waals surface area (Å²) in [7, 11) is -8.95. The van der Waals surface area contributed by atoms with E-state index in [1.807, 2.05) is 53.1 Å². The molecule has 2 atom stereocenters. The number of allylic oxidation sites excluding steroid dienone is 4. The van der Waals surface area contributed by atoms with Crippen LogP contribution in [0.5, 0.6) is 0 Å². The standard InChI is InChI=1S/C30H25Cl2N3O6S4.K/c31-22-4-6-24-26(18-22)42-28(34(24)15-1-17-44(36,37)38)8-2-20(21-10-13-33-14-11-21)3-9-29-35(16-12-30(35)45(39,40)41)25-7-5-23(32)19-27(25)43-29;/h2-11,13-14,18-19,30H,1,12,15-17H2;/q;+1. The number of quaternary nitrogens is 1. The van der Waals surface area contributed by atoms with Crippen LogP contribution in [0.3, 0.4) is 0 Å². The van der Waals surface area contributed by atoms with Gasteiger partial charge in [0.2, 0.25) is 5.52 Å². The molecule has 2 aromatic heterocycles. The first-order valence-corrected chi connectivity index (χ1v) is 19.2. The number of thiazole rings is 1. The Bertz CT molecular complexity index is 2120. The third-order valence-electron chi connectivity index (χ3n) is 7.81. The Morgan fingerprint density at radius 1 is 1.04 bits per heavy atom. The summed E-state index contributed by atoms with van der Waals surface area (Å²) in [6.45, 7) is 0.779. The molecule has 234 valence electrons. The van der Waals surface area contributed by atoms with Crippen LogP contribution in [0, 0.1) is 0 Å². The van der Waals surface area contributed by atoms with Crippen molar-refractivity contribution in [3.8, 4) is 0 Å². The van der Waals surface area contributed by atoms with Gasteiger partial charge in [0.05, 0.1) is 28.0 Å². The number of hydrogen-bond acceptors (Lipinski definition) is 9. The molecular weight excluding hydrogens is 737 g/mol. The third-order valence-corrected chi connectivity index (χ3v) is 12.7. The second-order valence-corrected chi connectivity index (χ2v) is 16.6. The number of nitrogens with zero attached hydrogens (tertiary/aromatic N) is 3. The van der Waals surface area contributed by atoms with E-state index in [-0.39, 0.29) is 68.7 Å². The van der Waals surface area contributed by atoms with E-state index in [4.69, 9.17) is 23.2 Å². The van der Waals surface area contributed by atoms with Crippen LogP contribution in [0.1, 0.15) is 23.4 Å². The predicted octanol–water partition coefficient (Wildman–Crippen LogP) is 3.16. The Morgan fingerprint density at radius 3 is 2.43 bits per heavy atom. The number of aromatic nitrogens is 2. The van der Waals surface area contributed by atoms with E-state index in [2.05, 4.69) is 4.98 Å². The summed E-state index contributed by atoms with van der Waals surface area (Å²) in [5, 5.41) is 1.46. The van der Waals surface area contributed by atoms with E-state index in [1.54, 1.807) is 36.7 Å².